The highest BCUT2D eigenvalue weighted by Crippen LogP contribution is 2.35. The molecule has 0 bridgehead atoms. The Kier molecular flexibility index (Phi) is 1.88. The topological polar surface area (TPSA) is 43.0 Å². The molecule has 2 aromatic carbocycles. The van der Waals surface area contributed by atoms with E-state index in [-0.39, 0.29) is 11.1 Å². The van der Waals surface area contributed by atoms with Gasteiger partial charge in [-0.25, -0.2) is 0 Å². The van der Waals surface area contributed by atoms with Crippen LogP contribution in [0.4, 0.5) is 0 Å². The lowest BCUT2D eigenvalue weighted by atomic mass is 10.1. The molecule has 6 aromatic rings. The Labute approximate surface area is 134 Å². The summed E-state index contributed by atoms with van der Waals surface area (Å²) in [6.45, 7) is 0. The van der Waals surface area contributed by atoms with Crippen LogP contribution in [-0.4, -0.2) is 8.80 Å². The molecule has 0 unspecified atom stereocenters. The van der Waals surface area contributed by atoms with Gasteiger partial charge in [-0.3, -0.25) is 18.4 Å². The number of benzene rings is 2. The van der Waals surface area contributed by atoms with Gasteiger partial charge in [-0.05, 0) is 12.1 Å². The molecule has 0 amide bonds. The number of rotatable bonds is 0. The van der Waals surface area contributed by atoms with Gasteiger partial charge in [0.2, 0.25) is 0 Å². The molecule has 24 heavy (non-hydrogen) atoms. The highest BCUT2D eigenvalue weighted by molar-refractivity contribution is 6.21. The van der Waals surface area contributed by atoms with E-state index in [1.165, 1.54) is 0 Å². The number of aromatic nitrogens is 2. The van der Waals surface area contributed by atoms with Crippen LogP contribution >= 0.6 is 0 Å². The summed E-state index contributed by atoms with van der Waals surface area (Å²) in [5, 5.41) is 3.56. The van der Waals surface area contributed by atoms with E-state index in [0.717, 1.165) is 43.6 Å². The summed E-state index contributed by atoms with van der Waals surface area (Å²) in [5.74, 6) is 0. The monoisotopic (exact) mass is 310 g/mol. The molecular formula is C20H10N2O2. The van der Waals surface area contributed by atoms with Crippen LogP contribution in [0.5, 0.6) is 0 Å². The summed E-state index contributed by atoms with van der Waals surface area (Å²) in [5.41, 5.74) is 3.22. The molecule has 0 aliphatic heterocycles. The maximum absolute atomic E-state index is 12.8. The van der Waals surface area contributed by atoms with E-state index in [0.29, 0.717) is 0 Å². The molecule has 4 heterocycles. The first kappa shape index (κ1) is 12.1. The summed E-state index contributed by atoms with van der Waals surface area (Å²) < 4.78 is 3.45. The van der Waals surface area contributed by atoms with Crippen LogP contribution in [0.25, 0.3) is 43.6 Å². The fourth-order valence-corrected chi connectivity index (χ4v) is 4.12. The van der Waals surface area contributed by atoms with Crippen LogP contribution < -0.4 is 11.1 Å². The second-order valence-electron chi connectivity index (χ2n) is 6.19. The first-order valence-corrected chi connectivity index (χ1v) is 7.81. The fourth-order valence-electron chi connectivity index (χ4n) is 4.12. The number of nitrogens with zero attached hydrogens (tertiary/aromatic N) is 2. The van der Waals surface area contributed by atoms with Crippen LogP contribution in [0.15, 0.2) is 70.3 Å². The van der Waals surface area contributed by atoms with E-state index in [2.05, 4.69) is 0 Å². The van der Waals surface area contributed by atoms with Crippen molar-refractivity contribution in [3.05, 3.63) is 81.4 Å². The van der Waals surface area contributed by atoms with Gasteiger partial charge >= 0.3 is 0 Å². The highest BCUT2D eigenvalue weighted by atomic mass is 16.1. The molecule has 0 N–H and O–H groups in total. The molecule has 0 saturated heterocycles. The summed E-state index contributed by atoms with van der Waals surface area (Å²) in [7, 11) is 0. The van der Waals surface area contributed by atoms with Crippen molar-refractivity contribution < 1.29 is 0 Å². The van der Waals surface area contributed by atoms with Crippen LogP contribution in [0, 0.1) is 0 Å². The van der Waals surface area contributed by atoms with Gasteiger partial charge in [-0.1, -0.05) is 36.4 Å². The largest absolute Gasteiger partial charge is 0.274 e. The van der Waals surface area contributed by atoms with Gasteiger partial charge in [0.25, 0.3) is 11.1 Å². The number of para-hydroxylation sites is 2. The zero-order chi connectivity index (χ0) is 16.0. The van der Waals surface area contributed by atoms with E-state index < -0.39 is 0 Å². The Morgan fingerprint density at radius 2 is 0.958 bits per heavy atom. The molecule has 0 fully saturated rings. The molecule has 112 valence electrons. The van der Waals surface area contributed by atoms with Crippen LogP contribution in [0.2, 0.25) is 0 Å². The predicted molar refractivity (Wildman–Crippen MR) is 95.8 cm³/mol. The van der Waals surface area contributed by atoms with Crippen LogP contribution in [-0.2, 0) is 0 Å². The molecule has 0 atom stereocenters. The maximum atomic E-state index is 12.8. The van der Waals surface area contributed by atoms with Gasteiger partial charge in [-0.2, -0.15) is 0 Å². The fraction of sp³-hybridized carbons (Fsp3) is 0. The smallest absolute Gasteiger partial charge is 0.256 e. The Morgan fingerprint density at radius 3 is 1.42 bits per heavy atom. The number of pyridine rings is 2. The zero-order valence-corrected chi connectivity index (χ0v) is 12.5. The zero-order valence-electron chi connectivity index (χ0n) is 12.5. The summed E-state index contributed by atoms with van der Waals surface area (Å²) >= 11 is 0. The van der Waals surface area contributed by atoms with E-state index in [1.807, 2.05) is 48.5 Å². The normalized spacial score (nSPS) is 12.5. The van der Waals surface area contributed by atoms with E-state index in [1.54, 1.807) is 20.9 Å². The van der Waals surface area contributed by atoms with Crippen molar-refractivity contribution in [1.82, 2.24) is 8.80 Å². The molecule has 0 saturated carbocycles. The van der Waals surface area contributed by atoms with E-state index in [9.17, 15) is 9.59 Å². The maximum Gasteiger partial charge on any atom is 0.256 e. The van der Waals surface area contributed by atoms with E-state index in [4.69, 9.17) is 0 Å². The minimum Gasteiger partial charge on any atom is -0.274 e. The molecule has 0 spiro atoms. The molecule has 4 heteroatoms. The average Bonchev–Trinajstić information content (AvgIpc) is 3.10. The molecule has 0 aliphatic rings. The lowest BCUT2D eigenvalue weighted by molar-refractivity contribution is 1.14. The Bertz CT molecular complexity index is 1420. The van der Waals surface area contributed by atoms with Crippen molar-refractivity contribution in [2.45, 2.75) is 0 Å². The third kappa shape index (κ3) is 1.16. The van der Waals surface area contributed by atoms with Gasteiger partial charge in [0.15, 0.2) is 0 Å². The quantitative estimate of drug-likeness (QED) is 0.432. The molecule has 4 aromatic heterocycles. The minimum atomic E-state index is -0.0643. The third-order valence-electron chi connectivity index (χ3n) is 5.03. The molecular weight excluding hydrogens is 300 g/mol. The minimum absolute atomic E-state index is 0.0643. The highest BCUT2D eigenvalue weighted by Gasteiger charge is 2.21. The van der Waals surface area contributed by atoms with Gasteiger partial charge in [0.05, 0.1) is 22.1 Å². The van der Waals surface area contributed by atoms with Crippen molar-refractivity contribution in [3.63, 3.8) is 0 Å². The van der Waals surface area contributed by atoms with Crippen LogP contribution in [0.3, 0.4) is 0 Å². The summed E-state index contributed by atoms with van der Waals surface area (Å²) in [6, 6.07) is 18.8. The molecule has 6 rings (SSSR count). The number of fused-ring (bicyclic) bond motifs is 6. The van der Waals surface area contributed by atoms with Gasteiger partial charge in [0, 0.05) is 33.7 Å². The lowest BCUT2D eigenvalue weighted by Crippen LogP contribution is -2.15. The van der Waals surface area contributed by atoms with Crippen molar-refractivity contribution in [3.8, 4) is 0 Å². The number of hydrogen-bond donors (Lipinski definition) is 0. The van der Waals surface area contributed by atoms with Gasteiger partial charge < -0.3 is 0 Å². The molecule has 4 nitrogen and oxygen atoms in total. The molecule has 0 radical (unpaired) electrons. The van der Waals surface area contributed by atoms with Gasteiger partial charge in [-0.15, -0.1) is 0 Å². The van der Waals surface area contributed by atoms with Crippen molar-refractivity contribution >= 4 is 43.6 Å². The van der Waals surface area contributed by atoms with Crippen molar-refractivity contribution in [2.75, 3.05) is 0 Å². The SMILES string of the molecule is O=c1cc2c3ccccc3n3c(=O)cc4c5ccccc5n1c4c23. The van der Waals surface area contributed by atoms with Gasteiger partial charge in [0.1, 0.15) is 0 Å². The van der Waals surface area contributed by atoms with Crippen LogP contribution in [0.1, 0.15) is 0 Å². The Hall–Kier alpha value is -3.40. The lowest BCUT2D eigenvalue weighted by Gasteiger charge is -2.02. The first-order valence-electron chi connectivity index (χ1n) is 7.81. The Morgan fingerprint density at radius 1 is 0.542 bits per heavy atom. The first-order chi connectivity index (χ1) is 11.8. The summed E-state index contributed by atoms with van der Waals surface area (Å²) in [4.78, 5) is 25.7. The second kappa shape index (κ2) is 3.74. The van der Waals surface area contributed by atoms with E-state index >= 15 is 0 Å². The van der Waals surface area contributed by atoms with Crippen molar-refractivity contribution in [2.24, 2.45) is 0 Å². The summed E-state index contributed by atoms with van der Waals surface area (Å²) in [6.07, 6.45) is 0. The average molecular weight is 310 g/mol. The second-order valence-corrected chi connectivity index (χ2v) is 6.19. The predicted octanol–water partition coefficient (Wildman–Crippen LogP) is 3.25. The number of hydrogen-bond acceptors (Lipinski definition) is 2. The Balaban J connectivity index is 2.18. The van der Waals surface area contributed by atoms with Crippen molar-refractivity contribution in [1.29, 1.82) is 0 Å². The standard InChI is InChI=1S/C20H10N2O2/c23-17-9-13-11-5-1-3-7-15(11)21-18(24)10-14-12-6-2-4-8-16(12)22(17)20(14)19(13)21/h1-10H. The third-order valence-corrected chi connectivity index (χ3v) is 5.03. The molecule has 0 aliphatic carbocycles.